The number of nitrogens with one attached hydrogen (secondary N) is 1. The number of urea groups is 1. The molecular weight excluding hydrogens is 403 g/mol. The van der Waals surface area contributed by atoms with E-state index in [1.54, 1.807) is 24.5 Å². The lowest BCUT2D eigenvalue weighted by Gasteiger charge is -2.27. The van der Waals surface area contributed by atoms with Crippen molar-refractivity contribution in [1.29, 1.82) is 0 Å². The van der Waals surface area contributed by atoms with Gasteiger partial charge in [-0.25, -0.2) is 4.79 Å². The van der Waals surface area contributed by atoms with Gasteiger partial charge in [0.2, 0.25) is 0 Å². The first-order valence-electron chi connectivity index (χ1n) is 9.32. The molecule has 1 aromatic heterocycles. The Labute approximate surface area is 170 Å². The number of benzene rings is 1. The predicted molar refractivity (Wildman–Crippen MR) is 101 cm³/mol. The summed E-state index contributed by atoms with van der Waals surface area (Å²) in [5.74, 6) is -1.11. The van der Waals surface area contributed by atoms with Crippen LogP contribution in [-0.4, -0.2) is 56.0 Å². The lowest BCUT2D eigenvalue weighted by atomic mass is 9.86. The van der Waals surface area contributed by atoms with Crippen molar-refractivity contribution in [1.82, 2.24) is 19.7 Å². The van der Waals surface area contributed by atoms with Gasteiger partial charge in [0.05, 0.1) is 0 Å². The van der Waals surface area contributed by atoms with E-state index in [1.807, 2.05) is 24.6 Å². The Morgan fingerprint density at radius 3 is 2.67 bits per heavy atom. The second kappa shape index (κ2) is 7.96. The first-order valence-corrected chi connectivity index (χ1v) is 9.32. The Bertz CT molecular complexity index is 945. The smallest absolute Gasteiger partial charge is 0.406 e. The number of nitrogens with zero attached hydrogens (tertiary/aromatic N) is 4. The van der Waals surface area contributed by atoms with Crippen LogP contribution in [0.15, 0.2) is 30.6 Å². The zero-order valence-electron chi connectivity index (χ0n) is 16.5. The number of halogens is 3. The molecule has 11 heteroatoms. The molecule has 30 heavy (non-hydrogen) atoms. The van der Waals surface area contributed by atoms with Crippen LogP contribution in [0.1, 0.15) is 30.7 Å². The molecule has 162 valence electrons. The molecule has 1 saturated heterocycles. The van der Waals surface area contributed by atoms with E-state index in [0.717, 1.165) is 16.3 Å². The molecule has 8 nitrogen and oxygen atoms in total. The van der Waals surface area contributed by atoms with Crippen LogP contribution in [0, 0.1) is 5.41 Å². The number of anilines is 1. The van der Waals surface area contributed by atoms with Crippen molar-refractivity contribution in [3.05, 3.63) is 42.0 Å². The van der Waals surface area contributed by atoms with Gasteiger partial charge in [0.15, 0.2) is 5.41 Å². The number of carbonyl (C=O) groups is 2. The summed E-state index contributed by atoms with van der Waals surface area (Å²) < 4.78 is 41.7. The van der Waals surface area contributed by atoms with Crippen LogP contribution in [0.5, 0.6) is 0 Å². The van der Waals surface area contributed by atoms with Crippen molar-refractivity contribution in [2.45, 2.75) is 31.9 Å². The first-order chi connectivity index (χ1) is 14.0. The molecule has 2 atom stereocenters. The van der Waals surface area contributed by atoms with Gasteiger partial charge in [-0.1, -0.05) is 19.1 Å². The van der Waals surface area contributed by atoms with E-state index < -0.39 is 36.6 Å². The van der Waals surface area contributed by atoms with Gasteiger partial charge in [-0.2, -0.15) is 13.2 Å². The van der Waals surface area contributed by atoms with Gasteiger partial charge in [0.25, 0.3) is 0 Å². The number of aliphatic carboxylic acids is 1. The average Bonchev–Trinajstić information content (AvgIpc) is 3.29. The lowest BCUT2D eigenvalue weighted by molar-refractivity contribution is -0.226. The largest absolute Gasteiger partial charge is 0.481 e. The van der Waals surface area contributed by atoms with E-state index in [4.69, 9.17) is 5.11 Å². The Morgan fingerprint density at radius 1 is 1.37 bits per heavy atom. The van der Waals surface area contributed by atoms with Crippen LogP contribution in [-0.2, 0) is 18.3 Å². The zero-order valence-corrected chi connectivity index (χ0v) is 16.5. The van der Waals surface area contributed by atoms with Gasteiger partial charge in [0, 0.05) is 32.2 Å². The molecule has 2 N–H and O–H groups in total. The average molecular weight is 425 g/mol. The van der Waals surface area contributed by atoms with Gasteiger partial charge < -0.3 is 19.9 Å². The number of carbonyl (C=O) groups excluding carboxylic acids is 1. The molecule has 0 saturated carbocycles. The molecule has 1 fully saturated rings. The van der Waals surface area contributed by atoms with E-state index in [2.05, 4.69) is 15.5 Å². The Kier molecular flexibility index (Phi) is 5.73. The lowest BCUT2D eigenvalue weighted by Crippen LogP contribution is -2.48. The van der Waals surface area contributed by atoms with Crippen molar-refractivity contribution in [2.75, 3.05) is 18.4 Å². The highest BCUT2D eigenvalue weighted by atomic mass is 19.4. The molecule has 1 aliphatic heterocycles. The topological polar surface area (TPSA) is 100 Å². The van der Waals surface area contributed by atoms with E-state index in [0.29, 0.717) is 12.1 Å². The number of hydrogen-bond acceptors (Lipinski definition) is 4. The quantitative estimate of drug-likeness (QED) is 0.767. The number of aryl methyl sites for hydroxylation is 1. The molecule has 2 aromatic rings. The van der Waals surface area contributed by atoms with E-state index in [-0.39, 0.29) is 12.5 Å². The third-order valence-corrected chi connectivity index (χ3v) is 5.51. The van der Waals surface area contributed by atoms with Gasteiger partial charge in [0.1, 0.15) is 12.2 Å². The number of hydrogen-bond donors (Lipinski definition) is 2. The molecule has 0 aliphatic carbocycles. The fourth-order valence-electron chi connectivity index (χ4n) is 3.52. The third kappa shape index (κ3) is 4.10. The van der Waals surface area contributed by atoms with Gasteiger partial charge >= 0.3 is 18.2 Å². The number of carboxylic acids is 1. The monoisotopic (exact) mass is 425 g/mol. The van der Waals surface area contributed by atoms with Gasteiger partial charge in [-0.15, -0.1) is 10.2 Å². The second-order valence-corrected chi connectivity index (χ2v) is 7.58. The number of likely N-dealkylation sites (tertiary alicyclic amines) is 1. The summed E-state index contributed by atoms with van der Waals surface area (Å²) in [6.45, 7) is 0.778. The third-order valence-electron chi connectivity index (χ3n) is 5.51. The van der Waals surface area contributed by atoms with E-state index >= 15 is 0 Å². The predicted octanol–water partition coefficient (Wildman–Crippen LogP) is 3.03. The standard InChI is InChI=1S/C19H22F3N5O3/c1-12(8-15-25-23-11-26(15)2)13-4-3-5-14(9-13)24-17(30)27-7-6-18(10-27,16(28)29)19(20,21)22/h3-5,9,11-12H,6-8,10H2,1-2H3,(H,24,30)(H,28,29). The molecule has 3 rings (SSSR count). The van der Waals surface area contributed by atoms with E-state index in [1.165, 1.54) is 0 Å². The van der Waals surface area contributed by atoms with Crippen molar-refractivity contribution in [3.8, 4) is 0 Å². The van der Waals surface area contributed by atoms with Crippen molar-refractivity contribution < 1.29 is 27.9 Å². The minimum Gasteiger partial charge on any atom is -0.481 e. The fourth-order valence-corrected chi connectivity index (χ4v) is 3.52. The summed E-state index contributed by atoms with van der Waals surface area (Å²) >= 11 is 0. The molecule has 0 bridgehead atoms. The number of amides is 2. The van der Waals surface area contributed by atoms with Crippen molar-refractivity contribution >= 4 is 17.7 Å². The summed E-state index contributed by atoms with van der Waals surface area (Å²) in [7, 11) is 1.84. The fraction of sp³-hybridized carbons (Fsp3) is 0.474. The Morgan fingerprint density at radius 2 is 2.10 bits per heavy atom. The zero-order chi connectivity index (χ0) is 22.1. The summed E-state index contributed by atoms with van der Waals surface area (Å²) in [5.41, 5.74) is -1.61. The molecular formula is C19H22F3N5O3. The van der Waals surface area contributed by atoms with Gasteiger partial charge in [-0.05, 0) is 30.0 Å². The van der Waals surface area contributed by atoms with E-state index in [9.17, 15) is 22.8 Å². The van der Waals surface area contributed by atoms with Crippen molar-refractivity contribution in [2.24, 2.45) is 12.5 Å². The molecule has 0 spiro atoms. The normalized spacial score (nSPS) is 20.2. The summed E-state index contributed by atoms with van der Waals surface area (Å²) in [4.78, 5) is 24.6. The highest BCUT2D eigenvalue weighted by Gasteiger charge is 2.64. The maximum atomic E-state index is 13.3. The molecule has 1 aliphatic rings. The molecule has 0 radical (unpaired) electrons. The summed E-state index contributed by atoms with van der Waals surface area (Å²) in [6.07, 6.45) is -3.39. The Hall–Kier alpha value is -3.11. The number of aromatic nitrogens is 3. The molecule has 2 amide bonds. The molecule has 1 aromatic carbocycles. The summed E-state index contributed by atoms with van der Waals surface area (Å²) in [6, 6.07) is 6.22. The number of carboxylic acid groups (broad SMARTS) is 1. The van der Waals surface area contributed by atoms with Gasteiger partial charge in [-0.3, -0.25) is 4.79 Å². The van der Waals surface area contributed by atoms with Crippen LogP contribution in [0.3, 0.4) is 0 Å². The number of alkyl halides is 3. The van der Waals surface area contributed by atoms with Crippen LogP contribution in [0.2, 0.25) is 0 Å². The highest BCUT2D eigenvalue weighted by molar-refractivity contribution is 5.90. The van der Waals surface area contributed by atoms with Crippen molar-refractivity contribution in [3.63, 3.8) is 0 Å². The van der Waals surface area contributed by atoms with Crippen LogP contribution in [0.25, 0.3) is 0 Å². The minimum absolute atomic E-state index is 0.0569. The molecule has 2 heterocycles. The highest BCUT2D eigenvalue weighted by Crippen LogP contribution is 2.45. The van der Waals surface area contributed by atoms with Crippen LogP contribution < -0.4 is 5.32 Å². The summed E-state index contributed by atoms with van der Waals surface area (Å²) in [5, 5.41) is 19.6. The maximum absolute atomic E-state index is 13.3. The van der Waals surface area contributed by atoms with Crippen LogP contribution >= 0.6 is 0 Å². The minimum atomic E-state index is -4.94. The Balaban J connectivity index is 1.68. The van der Waals surface area contributed by atoms with Crippen LogP contribution in [0.4, 0.5) is 23.7 Å². The number of rotatable bonds is 5. The SMILES string of the molecule is CC(Cc1nncn1C)c1cccc(NC(=O)N2CCC(C(=O)O)(C(F)(F)F)C2)c1. The second-order valence-electron chi connectivity index (χ2n) is 7.58. The molecule has 2 unspecified atom stereocenters. The first kappa shape index (κ1) is 21.6. The maximum Gasteiger partial charge on any atom is 0.406 e.